The van der Waals surface area contributed by atoms with E-state index in [2.05, 4.69) is 132 Å². The molecule has 0 spiro atoms. The number of benzene rings is 6. The number of fused-ring (bicyclic) bond motifs is 4. The van der Waals surface area contributed by atoms with Gasteiger partial charge >= 0.3 is 0 Å². The lowest BCUT2D eigenvalue weighted by atomic mass is 10.0. The lowest BCUT2D eigenvalue weighted by Gasteiger charge is -2.26. The second-order valence-electron chi connectivity index (χ2n) is 9.04. The van der Waals surface area contributed by atoms with Crippen molar-refractivity contribution in [1.82, 2.24) is 0 Å². The van der Waals surface area contributed by atoms with Gasteiger partial charge in [0.1, 0.15) is 5.58 Å². The van der Waals surface area contributed by atoms with Crippen LogP contribution in [0.4, 0.5) is 17.1 Å². The van der Waals surface area contributed by atoms with Crippen LogP contribution in [0.1, 0.15) is 0 Å². The number of furan rings is 1. The third-order valence-electron chi connectivity index (χ3n) is 6.83. The van der Waals surface area contributed by atoms with E-state index in [-0.39, 0.29) is 0 Å². The number of hydrogen-bond acceptors (Lipinski definition) is 2. The smallest absolute Gasteiger partial charge is 0.159 e. The second-order valence-corrected chi connectivity index (χ2v) is 9.04. The van der Waals surface area contributed by atoms with Crippen LogP contribution in [0, 0.1) is 0 Å². The molecule has 0 bridgehead atoms. The predicted octanol–water partition coefficient (Wildman–Crippen LogP) is 9.88. The average molecular weight is 462 g/mol. The lowest BCUT2D eigenvalue weighted by molar-refractivity contribution is 0.669. The van der Waals surface area contributed by atoms with Gasteiger partial charge in [0.15, 0.2) is 5.58 Å². The van der Waals surface area contributed by atoms with Crippen molar-refractivity contribution < 1.29 is 4.42 Å². The van der Waals surface area contributed by atoms with E-state index in [1.165, 1.54) is 21.9 Å². The molecule has 0 fully saturated rings. The standard InChI is InChI=1S/C34H23NO/c1-2-13-28(14-3-1)35(32-18-9-17-31-30-16-6-7-19-33(30)36-34(31)32)29-15-8-12-26(23-29)27-21-20-24-10-4-5-11-25(24)22-27/h1-23H. The molecule has 1 heterocycles. The normalized spacial score (nSPS) is 11.3. The van der Waals surface area contributed by atoms with Gasteiger partial charge in [-0.05, 0) is 64.4 Å². The van der Waals surface area contributed by atoms with Crippen molar-refractivity contribution in [3.05, 3.63) is 140 Å². The molecule has 36 heavy (non-hydrogen) atoms. The van der Waals surface area contributed by atoms with Gasteiger partial charge in [-0.1, -0.05) is 97.1 Å². The highest BCUT2D eigenvalue weighted by Crippen LogP contribution is 2.42. The highest BCUT2D eigenvalue weighted by molar-refractivity contribution is 6.10. The third kappa shape index (κ3) is 3.43. The van der Waals surface area contributed by atoms with Crippen LogP contribution in [0.25, 0.3) is 43.8 Å². The second kappa shape index (κ2) is 8.44. The van der Waals surface area contributed by atoms with E-state index in [0.717, 1.165) is 39.0 Å². The summed E-state index contributed by atoms with van der Waals surface area (Å²) in [6, 6.07) is 49.0. The predicted molar refractivity (Wildman–Crippen MR) is 151 cm³/mol. The van der Waals surface area contributed by atoms with Gasteiger partial charge in [0.25, 0.3) is 0 Å². The first-order valence-electron chi connectivity index (χ1n) is 12.2. The van der Waals surface area contributed by atoms with Crippen molar-refractivity contribution in [2.75, 3.05) is 4.90 Å². The number of anilines is 3. The van der Waals surface area contributed by atoms with E-state index in [1.807, 2.05) is 12.1 Å². The number of rotatable bonds is 4. The van der Waals surface area contributed by atoms with E-state index in [1.54, 1.807) is 0 Å². The van der Waals surface area contributed by atoms with Crippen molar-refractivity contribution >= 4 is 49.8 Å². The van der Waals surface area contributed by atoms with E-state index in [4.69, 9.17) is 4.42 Å². The molecular weight excluding hydrogens is 438 g/mol. The van der Waals surface area contributed by atoms with Crippen molar-refractivity contribution in [1.29, 1.82) is 0 Å². The summed E-state index contributed by atoms with van der Waals surface area (Å²) in [5, 5.41) is 4.74. The van der Waals surface area contributed by atoms with Gasteiger partial charge in [-0.3, -0.25) is 0 Å². The van der Waals surface area contributed by atoms with E-state index in [0.29, 0.717) is 0 Å². The minimum absolute atomic E-state index is 0.888. The Kier molecular flexibility index (Phi) is 4.82. The van der Waals surface area contributed by atoms with Crippen LogP contribution in [0.5, 0.6) is 0 Å². The van der Waals surface area contributed by atoms with Crippen LogP contribution in [-0.2, 0) is 0 Å². The van der Waals surface area contributed by atoms with Gasteiger partial charge in [-0.2, -0.15) is 0 Å². The summed E-state index contributed by atoms with van der Waals surface area (Å²) >= 11 is 0. The summed E-state index contributed by atoms with van der Waals surface area (Å²) < 4.78 is 6.43. The summed E-state index contributed by atoms with van der Waals surface area (Å²) in [6.45, 7) is 0. The molecule has 0 unspecified atom stereocenters. The molecule has 0 amide bonds. The fourth-order valence-corrected chi connectivity index (χ4v) is 5.11. The zero-order valence-corrected chi connectivity index (χ0v) is 19.6. The van der Waals surface area contributed by atoms with Crippen molar-refractivity contribution in [3.8, 4) is 11.1 Å². The SMILES string of the molecule is c1ccc(N(c2cccc(-c3ccc4ccccc4c3)c2)c2cccc3c2oc2ccccc23)cc1. The Morgan fingerprint density at radius 1 is 0.444 bits per heavy atom. The first-order valence-corrected chi connectivity index (χ1v) is 12.2. The minimum atomic E-state index is 0.888. The highest BCUT2D eigenvalue weighted by atomic mass is 16.3. The molecule has 0 saturated heterocycles. The maximum atomic E-state index is 6.43. The van der Waals surface area contributed by atoms with E-state index >= 15 is 0 Å². The molecule has 2 nitrogen and oxygen atoms in total. The highest BCUT2D eigenvalue weighted by Gasteiger charge is 2.19. The van der Waals surface area contributed by atoms with Crippen LogP contribution in [-0.4, -0.2) is 0 Å². The fraction of sp³-hybridized carbons (Fsp3) is 0. The van der Waals surface area contributed by atoms with Crippen LogP contribution in [0.3, 0.4) is 0 Å². The Balaban J connectivity index is 1.43. The Labute approximate surface area is 209 Å². The molecule has 6 aromatic carbocycles. The Bertz CT molecular complexity index is 1850. The van der Waals surface area contributed by atoms with Crippen LogP contribution >= 0.6 is 0 Å². The van der Waals surface area contributed by atoms with Crippen molar-refractivity contribution in [2.24, 2.45) is 0 Å². The summed E-state index contributed by atoms with van der Waals surface area (Å²) in [4.78, 5) is 2.29. The van der Waals surface area contributed by atoms with Crippen molar-refractivity contribution in [2.45, 2.75) is 0 Å². The molecule has 0 radical (unpaired) electrons. The number of para-hydroxylation sites is 3. The molecule has 0 atom stereocenters. The quantitative estimate of drug-likeness (QED) is 0.259. The molecular formula is C34H23NO. The zero-order chi connectivity index (χ0) is 23.9. The van der Waals surface area contributed by atoms with Gasteiger partial charge < -0.3 is 9.32 Å². The molecule has 1 aromatic heterocycles. The third-order valence-corrected chi connectivity index (χ3v) is 6.83. The summed E-state index contributed by atoms with van der Waals surface area (Å²) in [5.74, 6) is 0. The molecule has 0 aliphatic heterocycles. The maximum absolute atomic E-state index is 6.43. The Morgan fingerprint density at radius 2 is 1.14 bits per heavy atom. The summed E-state index contributed by atoms with van der Waals surface area (Å²) in [5.41, 5.74) is 7.35. The Hall–Kier alpha value is -4.82. The minimum Gasteiger partial charge on any atom is -0.454 e. The first kappa shape index (κ1) is 20.5. The van der Waals surface area contributed by atoms with Crippen LogP contribution in [0.15, 0.2) is 144 Å². The first-order chi connectivity index (χ1) is 17.8. The molecule has 7 rings (SSSR count). The molecule has 7 aromatic rings. The summed E-state index contributed by atoms with van der Waals surface area (Å²) in [6.07, 6.45) is 0. The monoisotopic (exact) mass is 461 g/mol. The molecule has 0 aliphatic carbocycles. The van der Waals surface area contributed by atoms with E-state index < -0.39 is 0 Å². The Morgan fingerprint density at radius 3 is 2.06 bits per heavy atom. The van der Waals surface area contributed by atoms with Gasteiger partial charge in [0.2, 0.25) is 0 Å². The van der Waals surface area contributed by atoms with Gasteiger partial charge in [0.05, 0.1) is 5.69 Å². The number of nitrogens with zero attached hydrogens (tertiary/aromatic N) is 1. The fourth-order valence-electron chi connectivity index (χ4n) is 5.11. The molecule has 0 N–H and O–H groups in total. The molecule has 0 aliphatic rings. The van der Waals surface area contributed by atoms with E-state index in [9.17, 15) is 0 Å². The zero-order valence-electron chi connectivity index (χ0n) is 19.6. The molecule has 170 valence electrons. The van der Waals surface area contributed by atoms with Gasteiger partial charge in [-0.25, -0.2) is 0 Å². The topological polar surface area (TPSA) is 16.4 Å². The van der Waals surface area contributed by atoms with Crippen LogP contribution < -0.4 is 4.90 Å². The number of hydrogen-bond donors (Lipinski definition) is 0. The van der Waals surface area contributed by atoms with Crippen molar-refractivity contribution in [3.63, 3.8) is 0 Å². The summed E-state index contributed by atoms with van der Waals surface area (Å²) in [7, 11) is 0. The molecule has 0 saturated carbocycles. The van der Waals surface area contributed by atoms with Gasteiger partial charge in [0, 0.05) is 22.1 Å². The maximum Gasteiger partial charge on any atom is 0.159 e. The lowest BCUT2D eigenvalue weighted by Crippen LogP contribution is -2.10. The largest absolute Gasteiger partial charge is 0.454 e. The molecule has 2 heteroatoms. The van der Waals surface area contributed by atoms with Gasteiger partial charge in [-0.15, -0.1) is 0 Å². The van der Waals surface area contributed by atoms with Crippen LogP contribution in [0.2, 0.25) is 0 Å². The average Bonchev–Trinajstić information content (AvgIpc) is 3.33.